The largest absolute Gasteiger partial charge is 0.462 e. The first kappa shape index (κ1) is 21.7. The number of esters is 1. The molecule has 1 saturated heterocycles. The van der Waals surface area contributed by atoms with E-state index in [1.165, 1.54) is 0 Å². The second-order valence-corrected chi connectivity index (χ2v) is 8.27. The predicted octanol–water partition coefficient (Wildman–Crippen LogP) is 4.73. The van der Waals surface area contributed by atoms with Gasteiger partial charge in [-0.3, -0.25) is 4.79 Å². The Kier molecular flexibility index (Phi) is 6.35. The van der Waals surface area contributed by atoms with Gasteiger partial charge in [-0.05, 0) is 69.0 Å². The number of piperidine rings is 1. The van der Waals surface area contributed by atoms with E-state index in [0.29, 0.717) is 35.0 Å². The molecular weight excluding hydrogens is 404 g/mol. The van der Waals surface area contributed by atoms with Crippen molar-refractivity contribution in [1.29, 1.82) is 0 Å². The van der Waals surface area contributed by atoms with E-state index in [1.54, 1.807) is 37.4 Å². The summed E-state index contributed by atoms with van der Waals surface area (Å²) in [4.78, 5) is 36.3. The molecule has 1 fully saturated rings. The maximum Gasteiger partial charge on any atom is 0.338 e. The van der Waals surface area contributed by atoms with Gasteiger partial charge in [-0.2, -0.15) is 0 Å². The van der Waals surface area contributed by atoms with E-state index in [2.05, 4.69) is 22.2 Å². The molecule has 3 heterocycles. The van der Waals surface area contributed by atoms with Crippen molar-refractivity contribution >= 4 is 34.3 Å². The second-order valence-electron chi connectivity index (χ2n) is 8.27. The van der Waals surface area contributed by atoms with Crippen LogP contribution in [0.25, 0.3) is 11.0 Å². The smallest absolute Gasteiger partial charge is 0.338 e. The Morgan fingerprint density at radius 1 is 1.12 bits per heavy atom. The third kappa shape index (κ3) is 4.56. The first-order valence-electron chi connectivity index (χ1n) is 11.1. The van der Waals surface area contributed by atoms with Crippen LogP contribution in [-0.2, 0) is 4.74 Å². The second kappa shape index (κ2) is 9.34. The van der Waals surface area contributed by atoms with Gasteiger partial charge in [0.05, 0.1) is 23.4 Å². The molecule has 0 bridgehead atoms. The summed E-state index contributed by atoms with van der Waals surface area (Å²) in [7, 11) is 0. The number of pyridine rings is 2. The highest BCUT2D eigenvalue weighted by Crippen LogP contribution is 2.31. The minimum absolute atomic E-state index is 0.0301. The summed E-state index contributed by atoms with van der Waals surface area (Å²) in [5, 5.41) is 4.16. The van der Waals surface area contributed by atoms with Crippen LogP contribution in [0.2, 0.25) is 0 Å². The SMILES string of the molecule is CCOC(=O)c1ccc(Nc2c(C(=O)N3CCC(C)CC3)cnc3nc(C)ccc23)cc1. The van der Waals surface area contributed by atoms with Crippen molar-refractivity contribution in [3.63, 3.8) is 0 Å². The molecule has 0 radical (unpaired) electrons. The van der Waals surface area contributed by atoms with E-state index in [-0.39, 0.29) is 11.9 Å². The molecule has 1 N–H and O–H groups in total. The molecule has 0 saturated carbocycles. The van der Waals surface area contributed by atoms with Crippen LogP contribution in [0, 0.1) is 12.8 Å². The van der Waals surface area contributed by atoms with E-state index in [9.17, 15) is 9.59 Å². The van der Waals surface area contributed by atoms with Crippen LogP contribution in [0.3, 0.4) is 0 Å². The number of nitrogens with one attached hydrogen (secondary N) is 1. The number of hydrogen-bond donors (Lipinski definition) is 1. The molecule has 4 rings (SSSR count). The van der Waals surface area contributed by atoms with Gasteiger partial charge in [0.25, 0.3) is 5.91 Å². The molecule has 1 amide bonds. The number of likely N-dealkylation sites (tertiary alicyclic amines) is 1. The Balaban J connectivity index is 1.70. The van der Waals surface area contributed by atoms with Crippen molar-refractivity contribution in [2.75, 3.05) is 25.0 Å². The van der Waals surface area contributed by atoms with Gasteiger partial charge >= 0.3 is 5.97 Å². The highest BCUT2D eigenvalue weighted by atomic mass is 16.5. The van der Waals surface area contributed by atoms with Crippen LogP contribution in [0.4, 0.5) is 11.4 Å². The van der Waals surface area contributed by atoms with E-state index in [1.807, 2.05) is 24.0 Å². The number of fused-ring (bicyclic) bond motifs is 1. The Morgan fingerprint density at radius 2 is 1.84 bits per heavy atom. The predicted molar refractivity (Wildman–Crippen MR) is 124 cm³/mol. The third-order valence-electron chi connectivity index (χ3n) is 5.84. The molecule has 0 unspecified atom stereocenters. The fraction of sp³-hybridized carbons (Fsp3) is 0.360. The number of amides is 1. The number of benzene rings is 1. The minimum atomic E-state index is -0.358. The Morgan fingerprint density at radius 3 is 2.53 bits per heavy atom. The van der Waals surface area contributed by atoms with E-state index >= 15 is 0 Å². The minimum Gasteiger partial charge on any atom is -0.462 e. The van der Waals surface area contributed by atoms with Gasteiger partial charge in [-0.1, -0.05) is 6.92 Å². The van der Waals surface area contributed by atoms with Gasteiger partial charge in [0.2, 0.25) is 0 Å². The van der Waals surface area contributed by atoms with Crippen molar-refractivity contribution in [1.82, 2.24) is 14.9 Å². The first-order valence-corrected chi connectivity index (χ1v) is 11.1. The highest BCUT2D eigenvalue weighted by Gasteiger charge is 2.25. The number of rotatable bonds is 5. The third-order valence-corrected chi connectivity index (χ3v) is 5.84. The Labute approximate surface area is 187 Å². The fourth-order valence-corrected chi connectivity index (χ4v) is 3.90. The number of aromatic nitrogens is 2. The average molecular weight is 433 g/mol. The van der Waals surface area contributed by atoms with Crippen LogP contribution in [0.1, 0.15) is 53.1 Å². The maximum absolute atomic E-state index is 13.4. The van der Waals surface area contributed by atoms with Crippen molar-refractivity contribution in [3.8, 4) is 0 Å². The molecular formula is C25H28N4O3. The number of hydrogen-bond acceptors (Lipinski definition) is 6. The van der Waals surface area contributed by atoms with Crippen molar-refractivity contribution in [3.05, 3.63) is 59.4 Å². The molecule has 2 aromatic heterocycles. The number of aryl methyl sites for hydroxylation is 1. The van der Waals surface area contributed by atoms with Crippen LogP contribution >= 0.6 is 0 Å². The number of carbonyl (C=O) groups excluding carboxylic acids is 2. The molecule has 0 spiro atoms. The van der Waals surface area contributed by atoms with Crippen LogP contribution < -0.4 is 5.32 Å². The van der Waals surface area contributed by atoms with Gasteiger partial charge in [-0.15, -0.1) is 0 Å². The monoisotopic (exact) mass is 432 g/mol. The average Bonchev–Trinajstić information content (AvgIpc) is 2.80. The zero-order valence-electron chi connectivity index (χ0n) is 18.7. The summed E-state index contributed by atoms with van der Waals surface area (Å²) >= 11 is 0. The normalized spacial score (nSPS) is 14.4. The molecule has 1 aromatic carbocycles. The topological polar surface area (TPSA) is 84.4 Å². The van der Waals surface area contributed by atoms with Crippen LogP contribution in [0.15, 0.2) is 42.6 Å². The Bertz CT molecular complexity index is 1140. The lowest BCUT2D eigenvalue weighted by Crippen LogP contribution is -2.38. The molecule has 0 aliphatic carbocycles. The first-order chi connectivity index (χ1) is 15.5. The van der Waals surface area contributed by atoms with E-state index < -0.39 is 0 Å². The summed E-state index contributed by atoms with van der Waals surface area (Å²) in [5.41, 5.74) is 3.88. The zero-order chi connectivity index (χ0) is 22.7. The standard InChI is InChI=1S/C25H28N4O3/c1-4-32-25(31)18-6-8-19(9-7-18)28-22-20-10-5-17(3)27-23(20)26-15-21(22)24(30)29-13-11-16(2)12-14-29/h5-10,15-16H,4,11-14H2,1-3H3,(H,26,27,28). The summed E-state index contributed by atoms with van der Waals surface area (Å²) in [6.45, 7) is 7.74. The number of ether oxygens (including phenoxy) is 1. The molecule has 1 aliphatic heterocycles. The molecule has 166 valence electrons. The molecule has 0 atom stereocenters. The van der Waals surface area contributed by atoms with E-state index in [0.717, 1.165) is 42.7 Å². The van der Waals surface area contributed by atoms with Crippen LogP contribution in [-0.4, -0.2) is 46.4 Å². The summed E-state index contributed by atoms with van der Waals surface area (Å²) < 4.78 is 5.05. The number of anilines is 2. The molecule has 32 heavy (non-hydrogen) atoms. The van der Waals surface area contributed by atoms with Crippen molar-refractivity contribution < 1.29 is 14.3 Å². The zero-order valence-corrected chi connectivity index (χ0v) is 18.7. The quantitative estimate of drug-likeness (QED) is 0.587. The lowest BCUT2D eigenvalue weighted by Gasteiger charge is -2.31. The fourth-order valence-electron chi connectivity index (χ4n) is 3.90. The molecule has 7 heteroatoms. The van der Waals surface area contributed by atoms with Gasteiger partial charge in [-0.25, -0.2) is 14.8 Å². The van der Waals surface area contributed by atoms with E-state index in [4.69, 9.17) is 4.74 Å². The van der Waals surface area contributed by atoms with Gasteiger partial charge < -0.3 is 15.0 Å². The van der Waals surface area contributed by atoms with Gasteiger partial charge in [0.1, 0.15) is 0 Å². The molecule has 7 nitrogen and oxygen atoms in total. The van der Waals surface area contributed by atoms with Gasteiger partial charge in [0, 0.05) is 36.1 Å². The molecule has 1 aliphatic rings. The Hall–Kier alpha value is -3.48. The van der Waals surface area contributed by atoms with Crippen LogP contribution in [0.5, 0.6) is 0 Å². The summed E-state index contributed by atoms with van der Waals surface area (Å²) in [6.07, 6.45) is 3.63. The summed E-state index contributed by atoms with van der Waals surface area (Å²) in [5.74, 6) is 0.247. The number of nitrogens with zero attached hydrogens (tertiary/aromatic N) is 3. The summed E-state index contributed by atoms with van der Waals surface area (Å²) in [6, 6.07) is 10.9. The maximum atomic E-state index is 13.4. The van der Waals surface area contributed by atoms with Crippen molar-refractivity contribution in [2.24, 2.45) is 5.92 Å². The lowest BCUT2D eigenvalue weighted by molar-refractivity contribution is 0.0526. The van der Waals surface area contributed by atoms with Crippen molar-refractivity contribution in [2.45, 2.75) is 33.6 Å². The van der Waals surface area contributed by atoms with Gasteiger partial charge in [0.15, 0.2) is 5.65 Å². The molecule has 3 aromatic rings. The highest BCUT2D eigenvalue weighted by molar-refractivity contribution is 6.07. The number of carbonyl (C=O) groups is 2. The lowest BCUT2D eigenvalue weighted by atomic mass is 9.98.